The summed E-state index contributed by atoms with van der Waals surface area (Å²) < 4.78 is 14.3. The number of rotatable bonds is 17. The van der Waals surface area contributed by atoms with Gasteiger partial charge in [-0.25, -0.2) is 4.57 Å². The molecule has 0 radical (unpaired) electrons. The van der Waals surface area contributed by atoms with E-state index in [1.165, 1.54) is 32.1 Å². The van der Waals surface area contributed by atoms with Crippen molar-refractivity contribution in [1.82, 2.24) is 4.90 Å². The van der Waals surface area contributed by atoms with E-state index in [4.69, 9.17) is 25.1 Å². The van der Waals surface area contributed by atoms with E-state index >= 15 is 0 Å². The first kappa shape index (κ1) is 29.7. The van der Waals surface area contributed by atoms with Crippen LogP contribution in [-0.4, -0.2) is 75.4 Å². The summed E-state index contributed by atoms with van der Waals surface area (Å²) in [7, 11) is -4.65. The lowest BCUT2D eigenvalue weighted by Crippen LogP contribution is -2.32. The monoisotopic (exact) mass is 429 g/mol. The number of carbonyl (C=O) groups is 1. The highest BCUT2D eigenvalue weighted by Crippen LogP contribution is 2.36. The maximum atomic E-state index is 11.0. The smallest absolute Gasteiger partial charge is 0.395 e. The van der Waals surface area contributed by atoms with Gasteiger partial charge in [0.1, 0.15) is 0 Å². The largest absolute Gasteiger partial charge is 0.526 e. The Morgan fingerprint density at radius 2 is 1.18 bits per heavy atom. The summed E-state index contributed by atoms with van der Waals surface area (Å²) in [6, 6.07) is 0. The van der Waals surface area contributed by atoms with Gasteiger partial charge in [0.2, 0.25) is 0 Å². The van der Waals surface area contributed by atoms with E-state index in [0.29, 0.717) is 26.1 Å². The molecule has 0 amide bonds. The first-order valence-electron chi connectivity index (χ1n) is 10.1. The van der Waals surface area contributed by atoms with Crippen molar-refractivity contribution >= 4 is 13.8 Å². The molecule has 9 nitrogen and oxygen atoms in total. The first-order chi connectivity index (χ1) is 13.3. The third-order valence-electron chi connectivity index (χ3n) is 3.95. The van der Waals surface area contributed by atoms with Crippen LogP contribution in [-0.2, 0) is 13.9 Å². The molecule has 0 aromatic heterocycles. The second kappa shape index (κ2) is 21.2. The average Bonchev–Trinajstić information content (AvgIpc) is 2.60. The second-order valence-corrected chi connectivity index (χ2v) is 7.71. The molecular formula is C18H40NO8P. The van der Waals surface area contributed by atoms with Crippen LogP contribution >= 0.6 is 7.82 Å². The molecule has 0 aliphatic carbocycles. The van der Waals surface area contributed by atoms with Gasteiger partial charge in [-0.2, -0.15) is 0 Å². The Bertz CT molecular complexity index is 378. The van der Waals surface area contributed by atoms with E-state index in [1.54, 1.807) is 4.90 Å². The third-order valence-corrected chi connectivity index (χ3v) is 4.40. The minimum absolute atomic E-state index is 0.0694. The van der Waals surface area contributed by atoms with Crippen molar-refractivity contribution < 1.29 is 39.0 Å². The maximum absolute atomic E-state index is 11.0. The molecule has 0 heterocycles. The summed E-state index contributed by atoms with van der Waals surface area (Å²) in [6.45, 7) is 3.94. The molecule has 0 aliphatic heterocycles. The van der Waals surface area contributed by atoms with Gasteiger partial charge in [0, 0.05) is 26.1 Å². The van der Waals surface area contributed by atoms with Crippen LogP contribution in [0.3, 0.4) is 0 Å². The molecule has 0 bridgehead atoms. The fraction of sp³-hybridized carbons (Fsp3) is 0.944. The zero-order valence-corrected chi connectivity index (χ0v) is 18.1. The lowest BCUT2D eigenvalue weighted by molar-refractivity contribution is -0.135. The maximum Gasteiger partial charge on any atom is 0.526 e. The molecule has 0 aromatic carbocycles. The highest BCUT2D eigenvalue weighted by atomic mass is 31.2. The third kappa shape index (κ3) is 25.5. The number of hydrogen-bond acceptors (Lipinski definition) is 7. The van der Waals surface area contributed by atoms with Crippen molar-refractivity contribution in [3.05, 3.63) is 0 Å². The molecule has 10 heteroatoms. The molecule has 0 aromatic rings. The van der Waals surface area contributed by atoms with E-state index in [1.807, 2.05) is 0 Å². The molecule has 0 saturated heterocycles. The average molecular weight is 429 g/mol. The molecule has 170 valence electrons. The topological polar surface area (TPSA) is 148 Å². The molecule has 0 unspecified atom stereocenters. The molecule has 0 fully saturated rings. The van der Waals surface area contributed by atoms with Crippen molar-refractivity contribution in [1.29, 1.82) is 0 Å². The van der Waals surface area contributed by atoms with Crippen LogP contribution < -0.4 is 0 Å². The summed E-state index contributed by atoms with van der Waals surface area (Å²) >= 11 is 0. The highest BCUT2D eigenvalue weighted by Gasteiger charge is 2.19. The number of aliphatic hydroxyl groups is 3. The molecule has 5 N–H and O–H groups in total. The predicted octanol–water partition coefficient (Wildman–Crippen LogP) is 1.81. The summed E-state index contributed by atoms with van der Waals surface area (Å²) in [4.78, 5) is 29.5. The predicted molar refractivity (Wildman–Crippen MR) is 108 cm³/mol. The lowest BCUT2D eigenvalue weighted by Gasteiger charge is -2.17. The second-order valence-electron chi connectivity index (χ2n) is 6.54. The molecule has 0 atom stereocenters. The number of phosphoric ester groups is 1. The number of nitrogens with zero attached hydrogens (tertiary/aromatic N) is 1. The van der Waals surface area contributed by atoms with Crippen LogP contribution in [0.4, 0.5) is 0 Å². The fourth-order valence-electron chi connectivity index (χ4n) is 2.52. The van der Waals surface area contributed by atoms with Gasteiger partial charge >= 0.3 is 13.8 Å². The zero-order chi connectivity index (χ0) is 21.7. The summed E-state index contributed by atoms with van der Waals surface area (Å²) in [5.74, 6) is -0.814. The van der Waals surface area contributed by atoms with Crippen LogP contribution in [0.25, 0.3) is 0 Å². The minimum Gasteiger partial charge on any atom is -0.395 e. The molecule has 28 heavy (non-hydrogen) atoms. The van der Waals surface area contributed by atoms with Gasteiger partial charge in [-0.3, -0.25) is 19.5 Å². The van der Waals surface area contributed by atoms with Crippen LogP contribution in [0.15, 0.2) is 0 Å². The molecular weight excluding hydrogens is 389 g/mol. The Kier molecular flexibility index (Phi) is 22.4. The van der Waals surface area contributed by atoms with Crippen LogP contribution in [0.5, 0.6) is 0 Å². The van der Waals surface area contributed by atoms with E-state index in [9.17, 15) is 9.36 Å². The minimum atomic E-state index is -4.65. The Labute approximate surface area is 169 Å². The number of unbranched alkanes of at least 4 members (excludes halogenated alkanes) is 8. The number of hydrogen-bond donors (Lipinski definition) is 5. The summed E-state index contributed by atoms with van der Waals surface area (Å²) in [5, 5.41) is 25.5. The lowest BCUT2D eigenvalue weighted by atomic mass is 10.1. The number of phosphoric acid groups is 1. The van der Waals surface area contributed by atoms with Gasteiger partial charge in [-0.05, 0) is 6.42 Å². The van der Waals surface area contributed by atoms with E-state index in [-0.39, 0.29) is 26.2 Å². The van der Waals surface area contributed by atoms with Gasteiger partial charge in [0.25, 0.3) is 0 Å². The van der Waals surface area contributed by atoms with Gasteiger partial charge in [0.15, 0.2) is 0 Å². The highest BCUT2D eigenvalue weighted by molar-refractivity contribution is 7.46. The van der Waals surface area contributed by atoms with Gasteiger partial charge in [0.05, 0.1) is 19.8 Å². The van der Waals surface area contributed by atoms with Gasteiger partial charge in [-0.1, -0.05) is 58.3 Å². The van der Waals surface area contributed by atoms with Crippen LogP contribution in [0.2, 0.25) is 0 Å². The summed E-state index contributed by atoms with van der Waals surface area (Å²) in [6.07, 6.45) is 10.2. The zero-order valence-electron chi connectivity index (χ0n) is 17.2. The van der Waals surface area contributed by atoms with E-state index in [0.717, 1.165) is 19.3 Å². The molecule has 0 aliphatic rings. The molecule has 0 rings (SSSR count). The van der Waals surface area contributed by atoms with Gasteiger partial charge in [-0.15, -0.1) is 0 Å². The van der Waals surface area contributed by atoms with Crippen molar-refractivity contribution in [2.75, 3.05) is 39.5 Å². The van der Waals surface area contributed by atoms with Crippen molar-refractivity contribution in [3.63, 3.8) is 0 Å². The quantitative estimate of drug-likeness (QED) is 0.172. The molecule has 0 spiro atoms. The normalized spacial score (nSPS) is 11.2. The van der Waals surface area contributed by atoms with E-state index < -0.39 is 13.8 Å². The van der Waals surface area contributed by atoms with Crippen molar-refractivity contribution in [2.45, 2.75) is 71.1 Å². The standard InChI is InChI=1S/C12H25O5P.C6H15NO3/c1-2-3-4-5-6-7-8-9-10-11-12(13)17-18(14,15)16;8-4-1-7(2-5-9)3-6-10/h2-11H2,1H3,(H2,14,15,16);8-10H,1-6H2. The van der Waals surface area contributed by atoms with E-state index in [2.05, 4.69) is 11.4 Å². The van der Waals surface area contributed by atoms with Crippen LogP contribution in [0, 0.1) is 0 Å². The summed E-state index contributed by atoms with van der Waals surface area (Å²) in [5.41, 5.74) is 0. The van der Waals surface area contributed by atoms with Gasteiger partial charge < -0.3 is 19.8 Å². The Morgan fingerprint density at radius 3 is 1.54 bits per heavy atom. The Hall–Kier alpha value is -0.540. The number of aliphatic hydroxyl groups excluding tert-OH is 3. The van der Waals surface area contributed by atoms with Crippen LogP contribution in [0.1, 0.15) is 71.1 Å². The Balaban J connectivity index is 0. The Morgan fingerprint density at radius 1 is 0.786 bits per heavy atom. The number of carbonyl (C=O) groups excluding carboxylic acids is 1. The van der Waals surface area contributed by atoms with Crippen molar-refractivity contribution in [3.8, 4) is 0 Å². The van der Waals surface area contributed by atoms with Crippen molar-refractivity contribution in [2.24, 2.45) is 0 Å². The first-order valence-corrected chi connectivity index (χ1v) is 11.7. The SMILES string of the molecule is CCCCCCCCCCCC(=O)OP(=O)(O)O.OCCN(CCO)CCO. The molecule has 0 saturated carbocycles. The fourth-order valence-corrected chi connectivity index (χ4v) is 2.87.